The van der Waals surface area contributed by atoms with Crippen molar-refractivity contribution in [1.82, 2.24) is 5.32 Å². The number of amides is 1. The molecule has 1 aromatic carbocycles. The smallest absolute Gasteiger partial charge is 0.224 e. The molecule has 0 fully saturated rings. The zero-order valence-electron chi connectivity index (χ0n) is 13.8. The molecule has 2 heterocycles. The molecule has 6 heteroatoms. The molecule has 0 bridgehead atoms. The molecule has 0 unspecified atom stereocenters. The molecule has 0 spiro atoms. The first-order valence-corrected chi connectivity index (χ1v) is 7.80. The number of carbonyl (C=O) groups excluding carboxylic acids is 1. The maximum atomic E-state index is 12.3. The predicted molar refractivity (Wildman–Crippen MR) is 90.1 cm³/mol. The van der Waals surface area contributed by atoms with Crippen LogP contribution < -0.4 is 10.1 Å². The van der Waals surface area contributed by atoms with Crippen molar-refractivity contribution in [1.29, 1.82) is 0 Å². The van der Waals surface area contributed by atoms with Crippen molar-refractivity contribution in [2.45, 2.75) is 12.0 Å². The first-order chi connectivity index (χ1) is 12.1. The molecule has 1 amide bonds. The first kappa shape index (κ1) is 16.9. The summed E-state index contributed by atoms with van der Waals surface area (Å²) in [5, 5.41) is 13.8. The zero-order chi connectivity index (χ0) is 17.7. The van der Waals surface area contributed by atoms with Gasteiger partial charge < -0.3 is 24.0 Å². The zero-order valence-corrected chi connectivity index (χ0v) is 13.8. The van der Waals surface area contributed by atoms with Gasteiger partial charge in [0, 0.05) is 5.56 Å². The third-order valence-corrected chi connectivity index (χ3v) is 3.97. The summed E-state index contributed by atoms with van der Waals surface area (Å²) in [7, 11) is 1.58. The molecule has 0 saturated heterocycles. The summed E-state index contributed by atoms with van der Waals surface area (Å²) in [4.78, 5) is 12.3. The van der Waals surface area contributed by atoms with Gasteiger partial charge in [0.1, 0.15) is 11.5 Å². The van der Waals surface area contributed by atoms with E-state index >= 15 is 0 Å². The fraction of sp³-hybridized carbons (Fsp3) is 0.211. The molecule has 25 heavy (non-hydrogen) atoms. The molecule has 0 saturated carbocycles. The van der Waals surface area contributed by atoms with Crippen molar-refractivity contribution in [2.75, 3.05) is 13.7 Å². The van der Waals surface area contributed by atoms with Crippen molar-refractivity contribution >= 4 is 5.91 Å². The van der Waals surface area contributed by atoms with Crippen LogP contribution in [0.3, 0.4) is 0 Å². The Bertz CT molecular complexity index is 774. The van der Waals surface area contributed by atoms with Crippen molar-refractivity contribution in [3.05, 3.63) is 78.1 Å². The lowest BCUT2D eigenvalue weighted by Crippen LogP contribution is -2.41. The summed E-state index contributed by atoms with van der Waals surface area (Å²) < 4.78 is 15.6. The predicted octanol–water partition coefficient (Wildman–Crippen LogP) is 2.48. The lowest BCUT2D eigenvalue weighted by atomic mass is 9.93. The molecular weight excluding hydrogens is 322 g/mol. The molecule has 130 valence electrons. The number of rotatable bonds is 7. The van der Waals surface area contributed by atoms with Gasteiger partial charge in [0.05, 0.1) is 38.9 Å². The van der Waals surface area contributed by atoms with Crippen molar-refractivity contribution in [3.63, 3.8) is 0 Å². The summed E-state index contributed by atoms with van der Waals surface area (Å²) >= 11 is 0. The Morgan fingerprint density at radius 2 is 2.12 bits per heavy atom. The fourth-order valence-corrected chi connectivity index (χ4v) is 2.60. The van der Waals surface area contributed by atoms with E-state index in [9.17, 15) is 9.90 Å². The van der Waals surface area contributed by atoms with E-state index in [4.69, 9.17) is 13.6 Å². The van der Waals surface area contributed by atoms with E-state index in [1.54, 1.807) is 31.4 Å². The first-order valence-electron chi connectivity index (χ1n) is 7.80. The highest BCUT2D eigenvalue weighted by Gasteiger charge is 2.36. The van der Waals surface area contributed by atoms with E-state index in [1.165, 1.54) is 18.8 Å². The Morgan fingerprint density at radius 3 is 2.80 bits per heavy atom. The van der Waals surface area contributed by atoms with E-state index in [-0.39, 0.29) is 18.9 Å². The van der Waals surface area contributed by atoms with Crippen LogP contribution in [0, 0.1) is 0 Å². The Morgan fingerprint density at radius 1 is 1.24 bits per heavy atom. The molecule has 3 aromatic rings. The summed E-state index contributed by atoms with van der Waals surface area (Å²) in [5.74, 6) is 0.799. The number of hydrogen-bond donors (Lipinski definition) is 2. The van der Waals surface area contributed by atoms with E-state index in [0.29, 0.717) is 17.1 Å². The molecule has 2 N–H and O–H groups in total. The van der Waals surface area contributed by atoms with Crippen molar-refractivity contribution < 1.29 is 23.5 Å². The number of methoxy groups -OCH3 is 1. The van der Waals surface area contributed by atoms with Crippen LogP contribution in [0.5, 0.6) is 5.75 Å². The summed E-state index contributed by atoms with van der Waals surface area (Å²) in [5.41, 5.74) is -0.175. The van der Waals surface area contributed by atoms with Gasteiger partial charge in [0.2, 0.25) is 5.91 Å². The minimum Gasteiger partial charge on any atom is -0.497 e. The summed E-state index contributed by atoms with van der Waals surface area (Å²) in [6.45, 7) is -0.0388. The summed E-state index contributed by atoms with van der Waals surface area (Å²) in [6, 6.07) is 12.3. The van der Waals surface area contributed by atoms with Gasteiger partial charge in [-0.3, -0.25) is 4.79 Å². The minimum absolute atomic E-state index is 0.0388. The number of ether oxygens (including phenoxy) is 1. The lowest BCUT2D eigenvalue weighted by Gasteiger charge is -2.25. The topological polar surface area (TPSA) is 84.8 Å². The number of carbonyl (C=O) groups is 1. The van der Waals surface area contributed by atoms with Gasteiger partial charge in [-0.2, -0.15) is 0 Å². The molecule has 0 aliphatic carbocycles. The average molecular weight is 341 g/mol. The number of nitrogens with one attached hydrogen (secondary N) is 1. The maximum Gasteiger partial charge on any atom is 0.224 e. The van der Waals surface area contributed by atoms with Gasteiger partial charge in [0.25, 0.3) is 0 Å². The Hall–Kier alpha value is -2.99. The molecule has 0 aliphatic rings. The van der Waals surface area contributed by atoms with Crippen LogP contribution in [0.2, 0.25) is 0 Å². The second-order valence-electron chi connectivity index (χ2n) is 5.65. The minimum atomic E-state index is -1.50. The SMILES string of the molecule is COc1cccc(CC(=O)NC[C@](O)(c2ccoc2)c2ccco2)c1. The number of aliphatic hydroxyl groups is 1. The van der Waals surface area contributed by atoms with E-state index in [0.717, 1.165) is 5.56 Å². The summed E-state index contributed by atoms with van der Waals surface area (Å²) in [6.07, 6.45) is 4.54. The van der Waals surface area contributed by atoms with E-state index in [1.807, 2.05) is 18.2 Å². The molecule has 2 aromatic heterocycles. The third-order valence-electron chi connectivity index (χ3n) is 3.97. The van der Waals surface area contributed by atoms with Crippen LogP contribution in [0.4, 0.5) is 0 Å². The normalized spacial score (nSPS) is 13.2. The van der Waals surface area contributed by atoms with Crippen LogP contribution in [-0.4, -0.2) is 24.7 Å². The molecule has 0 radical (unpaired) electrons. The third kappa shape index (κ3) is 3.75. The highest BCUT2D eigenvalue weighted by atomic mass is 16.5. The maximum absolute atomic E-state index is 12.3. The highest BCUT2D eigenvalue weighted by Crippen LogP contribution is 2.29. The monoisotopic (exact) mass is 341 g/mol. The molecule has 0 aliphatic heterocycles. The molecule has 1 atom stereocenters. The average Bonchev–Trinajstić information content (AvgIpc) is 3.33. The highest BCUT2D eigenvalue weighted by molar-refractivity contribution is 5.78. The van der Waals surface area contributed by atoms with Crippen LogP contribution >= 0.6 is 0 Å². The van der Waals surface area contributed by atoms with Crippen LogP contribution in [0.15, 0.2) is 70.1 Å². The molecule has 6 nitrogen and oxygen atoms in total. The van der Waals surface area contributed by atoms with Crippen LogP contribution in [0.25, 0.3) is 0 Å². The van der Waals surface area contributed by atoms with Crippen molar-refractivity contribution in [3.8, 4) is 5.75 Å². The largest absolute Gasteiger partial charge is 0.497 e. The number of benzene rings is 1. The van der Waals surface area contributed by atoms with E-state index < -0.39 is 5.60 Å². The van der Waals surface area contributed by atoms with E-state index in [2.05, 4.69) is 5.32 Å². The Kier molecular flexibility index (Phi) is 4.90. The Balaban J connectivity index is 1.70. The van der Waals surface area contributed by atoms with Crippen LogP contribution in [0.1, 0.15) is 16.9 Å². The second-order valence-corrected chi connectivity index (χ2v) is 5.65. The molecule has 3 rings (SSSR count). The fourth-order valence-electron chi connectivity index (χ4n) is 2.60. The standard InChI is InChI=1S/C19H19NO5/c1-23-16-5-2-4-14(10-16)11-18(21)20-13-19(22,15-7-9-24-12-15)17-6-3-8-25-17/h2-10,12,22H,11,13H2,1H3,(H,20,21)/t19-/m0/s1. The number of hydrogen-bond acceptors (Lipinski definition) is 5. The number of furan rings is 2. The van der Waals surface area contributed by atoms with Gasteiger partial charge in [-0.15, -0.1) is 0 Å². The van der Waals surface area contributed by atoms with Gasteiger partial charge in [0.15, 0.2) is 5.60 Å². The van der Waals surface area contributed by atoms with Crippen molar-refractivity contribution in [2.24, 2.45) is 0 Å². The van der Waals surface area contributed by atoms with Crippen LogP contribution in [-0.2, 0) is 16.8 Å². The molecular formula is C19H19NO5. The quantitative estimate of drug-likeness (QED) is 0.690. The van der Waals surface area contributed by atoms with Gasteiger partial charge in [-0.25, -0.2) is 0 Å². The van der Waals surface area contributed by atoms with Gasteiger partial charge >= 0.3 is 0 Å². The van der Waals surface area contributed by atoms with Gasteiger partial charge in [-0.05, 0) is 35.9 Å². The second kappa shape index (κ2) is 7.27. The lowest BCUT2D eigenvalue weighted by molar-refractivity contribution is -0.121. The van der Waals surface area contributed by atoms with Gasteiger partial charge in [-0.1, -0.05) is 12.1 Å². The Labute approximate surface area is 145 Å².